The van der Waals surface area contributed by atoms with Crippen LogP contribution >= 0.6 is 15.9 Å². The van der Waals surface area contributed by atoms with Gasteiger partial charge in [-0.2, -0.15) is 0 Å². The second-order valence-electron chi connectivity index (χ2n) is 6.42. The van der Waals surface area contributed by atoms with E-state index in [0.717, 1.165) is 52.8 Å². The van der Waals surface area contributed by atoms with Gasteiger partial charge in [0, 0.05) is 35.5 Å². The highest BCUT2D eigenvalue weighted by molar-refractivity contribution is 9.10. The number of likely N-dealkylation sites (tertiary alicyclic amines) is 1. The summed E-state index contributed by atoms with van der Waals surface area (Å²) < 4.78 is 1.07. The average Bonchev–Trinajstić information content (AvgIpc) is 2.98. The van der Waals surface area contributed by atoms with Crippen molar-refractivity contribution in [3.63, 3.8) is 0 Å². The van der Waals surface area contributed by atoms with Crippen molar-refractivity contribution in [2.24, 2.45) is 16.8 Å². The Labute approximate surface area is 145 Å². The van der Waals surface area contributed by atoms with Gasteiger partial charge in [-0.15, -0.1) is 0 Å². The summed E-state index contributed by atoms with van der Waals surface area (Å²) in [7, 11) is 0. The predicted molar refractivity (Wildman–Crippen MR) is 93.4 cm³/mol. The zero-order valence-corrected chi connectivity index (χ0v) is 15.1. The van der Waals surface area contributed by atoms with Crippen molar-refractivity contribution in [1.29, 1.82) is 0 Å². The maximum Gasteiger partial charge on any atom is 0.253 e. The number of piperidine rings is 1. The lowest BCUT2D eigenvalue weighted by molar-refractivity contribution is 0.0709. The van der Waals surface area contributed by atoms with Gasteiger partial charge in [-0.25, -0.2) is 0 Å². The molecule has 0 bridgehead atoms. The second-order valence-corrected chi connectivity index (χ2v) is 7.21. The SMILES string of the molecule is Cc1cc(C(=O)N2CCC(C3=NOC(N)C3)CC2)cc(C)c1Br. The van der Waals surface area contributed by atoms with Crippen molar-refractivity contribution in [2.75, 3.05) is 13.1 Å². The van der Waals surface area contributed by atoms with E-state index in [1.165, 1.54) is 0 Å². The minimum Gasteiger partial charge on any atom is -0.377 e. The van der Waals surface area contributed by atoms with E-state index in [9.17, 15) is 4.79 Å². The summed E-state index contributed by atoms with van der Waals surface area (Å²) in [6.07, 6.45) is 2.27. The fraction of sp³-hybridized carbons (Fsp3) is 0.529. The van der Waals surface area contributed by atoms with Gasteiger partial charge in [0.15, 0.2) is 6.23 Å². The van der Waals surface area contributed by atoms with Crippen molar-refractivity contribution in [1.82, 2.24) is 4.90 Å². The first-order chi connectivity index (χ1) is 11.0. The van der Waals surface area contributed by atoms with Gasteiger partial charge in [0.05, 0.1) is 5.71 Å². The van der Waals surface area contributed by atoms with Crippen molar-refractivity contribution in [3.05, 3.63) is 33.3 Å². The standard InChI is InChI=1S/C17H22BrN3O2/c1-10-7-13(8-11(2)16(10)18)17(22)21-5-3-12(4-6-21)14-9-15(19)23-20-14/h7-8,12,15H,3-6,9,19H2,1-2H3. The summed E-state index contributed by atoms with van der Waals surface area (Å²) >= 11 is 3.55. The van der Waals surface area contributed by atoms with Gasteiger partial charge in [-0.3, -0.25) is 10.5 Å². The number of oxime groups is 1. The molecule has 2 N–H and O–H groups in total. The predicted octanol–water partition coefficient (Wildman–Crippen LogP) is 2.98. The lowest BCUT2D eigenvalue weighted by Gasteiger charge is -2.32. The largest absolute Gasteiger partial charge is 0.377 e. The quantitative estimate of drug-likeness (QED) is 0.858. The molecular formula is C17H22BrN3O2. The van der Waals surface area contributed by atoms with Gasteiger partial charge in [-0.1, -0.05) is 21.1 Å². The number of aryl methyl sites for hydroxylation is 2. The summed E-state index contributed by atoms with van der Waals surface area (Å²) in [5, 5.41) is 4.08. The van der Waals surface area contributed by atoms with Crippen LogP contribution in [0.5, 0.6) is 0 Å². The smallest absolute Gasteiger partial charge is 0.253 e. The number of carbonyl (C=O) groups is 1. The molecule has 3 rings (SSSR count). The molecule has 6 heteroatoms. The maximum atomic E-state index is 12.7. The third kappa shape index (κ3) is 3.43. The van der Waals surface area contributed by atoms with Crippen LogP contribution in [-0.2, 0) is 4.84 Å². The normalized spacial score (nSPS) is 22.0. The van der Waals surface area contributed by atoms with Gasteiger partial charge in [0.2, 0.25) is 0 Å². The third-order valence-corrected chi connectivity index (χ3v) is 5.90. The monoisotopic (exact) mass is 379 g/mol. The van der Waals surface area contributed by atoms with Crippen LogP contribution in [0.15, 0.2) is 21.8 Å². The van der Waals surface area contributed by atoms with Crippen LogP contribution in [0.25, 0.3) is 0 Å². The first-order valence-electron chi connectivity index (χ1n) is 8.00. The van der Waals surface area contributed by atoms with Gasteiger partial charge < -0.3 is 9.74 Å². The minimum atomic E-state index is -0.293. The Kier molecular flexibility index (Phi) is 4.73. The molecule has 2 aliphatic rings. The number of hydrogen-bond donors (Lipinski definition) is 1. The summed E-state index contributed by atoms with van der Waals surface area (Å²) in [5.74, 6) is 0.504. The molecule has 1 unspecified atom stereocenters. The van der Waals surface area contributed by atoms with E-state index in [-0.39, 0.29) is 12.1 Å². The van der Waals surface area contributed by atoms with Crippen LogP contribution < -0.4 is 5.73 Å². The molecule has 2 heterocycles. The lowest BCUT2D eigenvalue weighted by Crippen LogP contribution is -2.40. The van der Waals surface area contributed by atoms with E-state index in [0.29, 0.717) is 12.3 Å². The number of halogens is 1. The summed E-state index contributed by atoms with van der Waals surface area (Å²) in [6, 6.07) is 3.92. The molecule has 2 aliphatic heterocycles. The third-order valence-electron chi connectivity index (χ3n) is 4.65. The molecule has 1 atom stereocenters. The number of rotatable bonds is 2. The highest BCUT2D eigenvalue weighted by atomic mass is 79.9. The Morgan fingerprint density at radius 1 is 1.30 bits per heavy atom. The molecule has 0 aromatic heterocycles. The van der Waals surface area contributed by atoms with E-state index < -0.39 is 0 Å². The van der Waals surface area contributed by atoms with Crippen molar-refractivity contribution in [2.45, 2.75) is 39.3 Å². The van der Waals surface area contributed by atoms with Gasteiger partial charge in [0.1, 0.15) is 0 Å². The van der Waals surface area contributed by atoms with Gasteiger partial charge in [0.25, 0.3) is 5.91 Å². The number of hydrogen-bond acceptors (Lipinski definition) is 4. The maximum absolute atomic E-state index is 12.7. The fourth-order valence-corrected chi connectivity index (χ4v) is 3.55. The van der Waals surface area contributed by atoms with E-state index in [2.05, 4.69) is 21.1 Å². The Morgan fingerprint density at radius 3 is 2.43 bits per heavy atom. The Balaban J connectivity index is 1.64. The topological polar surface area (TPSA) is 67.9 Å². The van der Waals surface area contributed by atoms with E-state index in [4.69, 9.17) is 10.6 Å². The average molecular weight is 380 g/mol. The Morgan fingerprint density at radius 2 is 1.91 bits per heavy atom. The lowest BCUT2D eigenvalue weighted by atomic mass is 9.90. The summed E-state index contributed by atoms with van der Waals surface area (Å²) in [4.78, 5) is 19.8. The van der Waals surface area contributed by atoms with Gasteiger partial charge in [-0.05, 0) is 49.9 Å². The molecule has 0 saturated carbocycles. The molecule has 1 saturated heterocycles. The highest BCUT2D eigenvalue weighted by Gasteiger charge is 2.30. The number of amides is 1. The molecule has 0 spiro atoms. The first kappa shape index (κ1) is 16.5. The second kappa shape index (κ2) is 6.61. The summed E-state index contributed by atoms with van der Waals surface area (Å²) in [5.41, 5.74) is 9.73. The van der Waals surface area contributed by atoms with Crippen LogP contribution in [0, 0.1) is 19.8 Å². The molecule has 1 amide bonds. The van der Waals surface area contributed by atoms with Gasteiger partial charge >= 0.3 is 0 Å². The van der Waals surface area contributed by atoms with E-state index in [1.54, 1.807) is 0 Å². The number of carbonyl (C=O) groups excluding carboxylic acids is 1. The fourth-order valence-electron chi connectivity index (χ4n) is 3.33. The highest BCUT2D eigenvalue weighted by Crippen LogP contribution is 2.27. The zero-order chi connectivity index (χ0) is 16.6. The Hall–Kier alpha value is -1.40. The number of benzene rings is 1. The number of nitrogens with two attached hydrogens (primary N) is 1. The van der Waals surface area contributed by atoms with Crippen molar-refractivity contribution in [3.8, 4) is 0 Å². The van der Waals surface area contributed by atoms with Crippen LogP contribution in [0.3, 0.4) is 0 Å². The molecule has 5 nitrogen and oxygen atoms in total. The Bertz CT molecular complexity index is 628. The first-order valence-corrected chi connectivity index (χ1v) is 8.79. The van der Waals surface area contributed by atoms with Crippen LogP contribution in [0.2, 0.25) is 0 Å². The van der Waals surface area contributed by atoms with Crippen LogP contribution in [0.1, 0.15) is 40.7 Å². The zero-order valence-electron chi connectivity index (χ0n) is 13.5. The number of nitrogens with zero attached hydrogens (tertiary/aromatic N) is 2. The minimum absolute atomic E-state index is 0.114. The molecule has 0 aliphatic carbocycles. The molecule has 1 aromatic carbocycles. The van der Waals surface area contributed by atoms with Crippen LogP contribution in [0.4, 0.5) is 0 Å². The molecular weight excluding hydrogens is 358 g/mol. The van der Waals surface area contributed by atoms with E-state index >= 15 is 0 Å². The molecule has 124 valence electrons. The van der Waals surface area contributed by atoms with Crippen LogP contribution in [-0.4, -0.2) is 35.8 Å². The molecule has 1 fully saturated rings. The van der Waals surface area contributed by atoms with Crippen molar-refractivity contribution < 1.29 is 9.63 Å². The molecule has 0 radical (unpaired) electrons. The van der Waals surface area contributed by atoms with E-state index in [1.807, 2.05) is 30.9 Å². The molecule has 1 aromatic rings. The summed E-state index contributed by atoms with van der Waals surface area (Å²) in [6.45, 7) is 5.54. The van der Waals surface area contributed by atoms with Crippen molar-refractivity contribution >= 4 is 27.5 Å². The molecule has 23 heavy (non-hydrogen) atoms.